The number of hydrogen-bond donors (Lipinski definition) is 2. The van der Waals surface area contributed by atoms with Crippen LogP contribution in [-0.4, -0.2) is 16.1 Å². The summed E-state index contributed by atoms with van der Waals surface area (Å²) < 4.78 is 0. The normalized spacial score (nSPS) is 12.8. The predicted molar refractivity (Wildman–Crippen MR) is 63.4 cm³/mol. The van der Waals surface area contributed by atoms with Gasteiger partial charge in [0.25, 0.3) is 0 Å². The fourth-order valence-electron chi connectivity index (χ4n) is 1.86. The van der Waals surface area contributed by atoms with Crippen LogP contribution in [0.4, 0.5) is 0 Å². The van der Waals surface area contributed by atoms with Crippen LogP contribution < -0.4 is 0 Å². The molecule has 0 spiro atoms. The zero-order valence-corrected chi connectivity index (χ0v) is 9.23. The third-order valence-corrected chi connectivity index (χ3v) is 2.95. The van der Waals surface area contributed by atoms with Gasteiger partial charge in [-0.15, -0.1) is 0 Å². The van der Waals surface area contributed by atoms with E-state index >= 15 is 0 Å². The van der Waals surface area contributed by atoms with Gasteiger partial charge in [-0.05, 0) is 30.5 Å². The Labute approximate surface area is 94.1 Å². The van der Waals surface area contributed by atoms with E-state index in [4.69, 9.17) is 5.11 Å². The second kappa shape index (κ2) is 4.39. The number of aromatic nitrogens is 1. The molecule has 0 saturated carbocycles. The Hall–Kier alpha value is -1.77. The second-order valence-corrected chi connectivity index (χ2v) is 4.13. The largest absolute Gasteiger partial charge is 0.481 e. The van der Waals surface area contributed by atoms with Gasteiger partial charge in [0.2, 0.25) is 0 Å². The van der Waals surface area contributed by atoms with Gasteiger partial charge in [0.15, 0.2) is 0 Å². The van der Waals surface area contributed by atoms with E-state index < -0.39 is 5.97 Å². The van der Waals surface area contributed by atoms with Crippen molar-refractivity contribution in [3.05, 3.63) is 36.0 Å². The molecule has 0 radical (unpaired) electrons. The van der Waals surface area contributed by atoms with Crippen LogP contribution in [-0.2, 0) is 11.2 Å². The smallest absolute Gasteiger partial charge is 0.306 e. The number of carboxylic acid groups (broad SMARTS) is 1. The number of H-pyrrole nitrogens is 1. The van der Waals surface area contributed by atoms with Gasteiger partial charge in [0.05, 0.1) is 5.92 Å². The quantitative estimate of drug-likeness (QED) is 0.827. The number of nitrogens with one attached hydrogen (secondary N) is 1. The molecule has 2 aromatic rings. The molecule has 1 aromatic carbocycles. The number of fused-ring (bicyclic) bond motifs is 1. The number of aryl methyl sites for hydroxylation is 1. The molecule has 0 aliphatic rings. The first-order valence-corrected chi connectivity index (χ1v) is 5.46. The third-order valence-electron chi connectivity index (χ3n) is 2.95. The molecule has 1 heterocycles. The molecular weight excluding hydrogens is 202 g/mol. The molecule has 2 rings (SSSR count). The Morgan fingerprint density at radius 3 is 3.00 bits per heavy atom. The van der Waals surface area contributed by atoms with Crippen LogP contribution in [0.15, 0.2) is 30.5 Å². The Kier molecular flexibility index (Phi) is 2.95. The molecular formula is C13H15NO2. The number of hydrogen-bond acceptors (Lipinski definition) is 1. The van der Waals surface area contributed by atoms with Gasteiger partial charge < -0.3 is 10.1 Å². The molecule has 3 nitrogen and oxygen atoms in total. The summed E-state index contributed by atoms with van der Waals surface area (Å²) in [6, 6.07) is 8.12. The first-order chi connectivity index (χ1) is 7.68. The van der Waals surface area contributed by atoms with Gasteiger partial charge in [-0.2, -0.15) is 0 Å². The first-order valence-electron chi connectivity index (χ1n) is 5.46. The molecule has 0 aliphatic carbocycles. The van der Waals surface area contributed by atoms with E-state index in [0.29, 0.717) is 6.42 Å². The number of rotatable bonds is 4. The van der Waals surface area contributed by atoms with Crippen LogP contribution in [0, 0.1) is 5.92 Å². The summed E-state index contributed by atoms with van der Waals surface area (Å²) in [5, 5.41) is 10.0. The minimum atomic E-state index is -0.721. The molecule has 2 N–H and O–H groups in total. The maximum atomic E-state index is 10.7. The lowest BCUT2D eigenvalue weighted by Crippen LogP contribution is -2.10. The van der Waals surface area contributed by atoms with Crippen molar-refractivity contribution in [2.24, 2.45) is 5.92 Å². The minimum Gasteiger partial charge on any atom is -0.481 e. The second-order valence-electron chi connectivity index (χ2n) is 4.13. The molecule has 0 amide bonds. The summed E-state index contributed by atoms with van der Waals surface area (Å²) >= 11 is 0. The average molecular weight is 217 g/mol. The van der Waals surface area contributed by atoms with E-state index in [2.05, 4.69) is 11.1 Å². The molecule has 0 aliphatic heterocycles. The standard InChI is InChI=1S/C13H15NO2/c1-9(13(15)16)5-6-10-3-2-4-12-11(10)7-8-14-12/h2-4,7-9,14H,5-6H2,1H3,(H,15,16). The lowest BCUT2D eigenvalue weighted by molar-refractivity contribution is -0.141. The van der Waals surface area contributed by atoms with Crippen molar-refractivity contribution < 1.29 is 9.90 Å². The highest BCUT2D eigenvalue weighted by Crippen LogP contribution is 2.20. The van der Waals surface area contributed by atoms with Crippen LogP contribution in [0.25, 0.3) is 10.9 Å². The Balaban J connectivity index is 2.15. The number of carbonyl (C=O) groups is 1. The van der Waals surface area contributed by atoms with E-state index in [1.165, 1.54) is 10.9 Å². The number of aliphatic carboxylic acids is 1. The molecule has 1 unspecified atom stereocenters. The highest BCUT2D eigenvalue weighted by Gasteiger charge is 2.11. The number of aromatic amines is 1. The van der Waals surface area contributed by atoms with Gasteiger partial charge in [0, 0.05) is 17.1 Å². The summed E-state index contributed by atoms with van der Waals surface area (Å²) in [6.07, 6.45) is 3.40. The lowest BCUT2D eigenvalue weighted by Gasteiger charge is -2.06. The SMILES string of the molecule is CC(CCc1cccc2[nH]ccc12)C(=O)O. The van der Waals surface area contributed by atoms with Crippen molar-refractivity contribution in [2.75, 3.05) is 0 Å². The van der Waals surface area contributed by atoms with Crippen molar-refractivity contribution in [3.8, 4) is 0 Å². The average Bonchev–Trinajstić information content (AvgIpc) is 2.73. The molecule has 3 heteroatoms. The van der Waals surface area contributed by atoms with Gasteiger partial charge >= 0.3 is 5.97 Å². The lowest BCUT2D eigenvalue weighted by atomic mass is 9.99. The van der Waals surface area contributed by atoms with Crippen LogP contribution in [0.1, 0.15) is 18.9 Å². The monoisotopic (exact) mass is 217 g/mol. The molecule has 0 saturated heterocycles. The predicted octanol–water partition coefficient (Wildman–Crippen LogP) is 2.82. The zero-order valence-electron chi connectivity index (χ0n) is 9.23. The van der Waals surface area contributed by atoms with Crippen LogP contribution in [0.5, 0.6) is 0 Å². The van der Waals surface area contributed by atoms with Gasteiger partial charge in [0.1, 0.15) is 0 Å². The van der Waals surface area contributed by atoms with Gasteiger partial charge in [-0.1, -0.05) is 19.1 Å². The topological polar surface area (TPSA) is 53.1 Å². The Morgan fingerprint density at radius 1 is 1.44 bits per heavy atom. The molecule has 1 aromatic heterocycles. The van der Waals surface area contributed by atoms with E-state index in [9.17, 15) is 4.79 Å². The molecule has 0 bridgehead atoms. The fraction of sp³-hybridized carbons (Fsp3) is 0.308. The highest BCUT2D eigenvalue weighted by molar-refractivity contribution is 5.82. The molecule has 1 atom stereocenters. The Morgan fingerprint density at radius 2 is 2.25 bits per heavy atom. The van der Waals surface area contributed by atoms with Gasteiger partial charge in [-0.3, -0.25) is 4.79 Å². The summed E-state index contributed by atoms with van der Waals surface area (Å²) in [4.78, 5) is 13.9. The van der Waals surface area contributed by atoms with E-state index in [0.717, 1.165) is 11.9 Å². The van der Waals surface area contributed by atoms with Crippen molar-refractivity contribution in [3.63, 3.8) is 0 Å². The van der Waals surface area contributed by atoms with Crippen LogP contribution in [0.2, 0.25) is 0 Å². The van der Waals surface area contributed by atoms with E-state index in [-0.39, 0.29) is 5.92 Å². The number of benzene rings is 1. The maximum Gasteiger partial charge on any atom is 0.306 e. The van der Waals surface area contributed by atoms with Crippen molar-refractivity contribution >= 4 is 16.9 Å². The summed E-state index contributed by atoms with van der Waals surface area (Å²) in [7, 11) is 0. The van der Waals surface area contributed by atoms with Crippen molar-refractivity contribution in [1.29, 1.82) is 0 Å². The van der Waals surface area contributed by atoms with E-state index in [1.54, 1.807) is 6.92 Å². The fourth-order valence-corrected chi connectivity index (χ4v) is 1.86. The van der Waals surface area contributed by atoms with Crippen LogP contribution >= 0.6 is 0 Å². The molecule has 0 fully saturated rings. The zero-order chi connectivity index (χ0) is 11.5. The summed E-state index contributed by atoms with van der Waals surface area (Å²) in [5.74, 6) is -1.00. The summed E-state index contributed by atoms with van der Waals surface area (Å²) in [5.41, 5.74) is 2.33. The maximum absolute atomic E-state index is 10.7. The van der Waals surface area contributed by atoms with Crippen molar-refractivity contribution in [2.45, 2.75) is 19.8 Å². The van der Waals surface area contributed by atoms with Crippen molar-refractivity contribution in [1.82, 2.24) is 4.98 Å². The number of carboxylic acids is 1. The van der Waals surface area contributed by atoms with Crippen LogP contribution in [0.3, 0.4) is 0 Å². The van der Waals surface area contributed by atoms with Gasteiger partial charge in [-0.25, -0.2) is 0 Å². The first kappa shape index (κ1) is 10.7. The minimum absolute atomic E-state index is 0.283. The van der Waals surface area contributed by atoms with E-state index in [1.807, 2.05) is 24.4 Å². The highest BCUT2D eigenvalue weighted by atomic mass is 16.4. The molecule has 16 heavy (non-hydrogen) atoms. The Bertz CT molecular complexity index is 501. The summed E-state index contributed by atoms with van der Waals surface area (Å²) in [6.45, 7) is 1.75. The third kappa shape index (κ3) is 2.08. The molecule has 84 valence electrons.